The number of nitrogens with zero attached hydrogens (tertiary/aromatic N) is 2. The van der Waals surface area contributed by atoms with E-state index in [1.807, 2.05) is 20.8 Å². The van der Waals surface area contributed by atoms with E-state index in [9.17, 15) is 26.8 Å². The van der Waals surface area contributed by atoms with Crippen molar-refractivity contribution in [1.29, 1.82) is 0 Å². The van der Waals surface area contributed by atoms with E-state index in [2.05, 4.69) is 5.32 Å². The van der Waals surface area contributed by atoms with Crippen molar-refractivity contribution in [2.45, 2.75) is 58.7 Å². The van der Waals surface area contributed by atoms with Crippen molar-refractivity contribution in [2.75, 3.05) is 17.1 Å². The van der Waals surface area contributed by atoms with Gasteiger partial charge in [-0.15, -0.1) is 0 Å². The molecule has 0 saturated carbocycles. The van der Waals surface area contributed by atoms with E-state index in [0.717, 1.165) is 28.8 Å². The fourth-order valence-electron chi connectivity index (χ4n) is 3.54. The molecule has 0 radical (unpaired) electrons. The highest BCUT2D eigenvalue weighted by atomic mass is 35.5. The second kappa shape index (κ2) is 12.4. The van der Waals surface area contributed by atoms with Crippen LogP contribution in [0, 0.1) is 11.6 Å². The summed E-state index contributed by atoms with van der Waals surface area (Å²) in [7, 11) is -3.85. The molecule has 0 spiro atoms. The van der Waals surface area contributed by atoms with Gasteiger partial charge in [-0.3, -0.25) is 13.9 Å². The lowest BCUT2D eigenvalue weighted by Crippen LogP contribution is -2.52. The van der Waals surface area contributed by atoms with Crippen molar-refractivity contribution in [3.8, 4) is 0 Å². The lowest BCUT2D eigenvalue weighted by atomic mass is 10.1. The molecule has 0 fully saturated rings. The molecule has 1 atom stereocenters. The Balaban J connectivity index is 2.23. The summed E-state index contributed by atoms with van der Waals surface area (Å²) in [5, 5.41) is 3.50. The predicted molar refractivity (Wildman–Crippen MR) is 142 cm³/mol. The molecule has 0 bridgehead atoms. The van der Waals surface area contributed by atoms with Gasteiger partial charge >= 0.3 is 0 Å². The number of rotatable bonds is 10. The molecular formula is C25H31Cl2F2N3O4S. The fourth-order valence-corrected chi connectivity index (χ4v) is 4.81. The third-order valence-electron chi connectivity index (χ3n) is 5.35. The molecule has 2 rings (SSSR count). The quantitative estimate of drug-likeness (QED) is 0.423. The Kier molecular flexibility index (Phi) is 10.3. The third-order valence-corrected chi connectivity index (χ3v) is 7.28. The Morgan fingerprint density at radius 1 is 1.03 bits per heavy atom. The van der Waals surface area contributed by atoms with Crippen LogP contribution in [-0.4, -0.2) is 49.5 Å². The van der Waals surface area contributed by atoms with Crippen LogP contribution in [0.25, 0.3) is 0 Å². The molecule has 0 aliphatic rings. The molecule has 0 saturated heterocycles. The molecule has 204 valence electrons. The number of anilines is 1. The molecule has 0 aromatic heterocycles. The summed E-state index contributed by atoms with van der Waals surface area (Å²) in [6.07, 6.45) is 0.895. The van der Waals surface area contributed by atoms with Gasteiger partial charge in [0.1, 0.15) is 6.04 Å². The van der Waals surface area contributed by atoms with Crippen LogP contribution in [0.1, 0.15) is 46.1 Å². The lowest BCUT2D eigenvalue weighted by Gasteiger charge is -2.32. The largest absolute Gasteiger partial charge is 0.350 e. The number of benzene rings is 2. The van der Waals surface area contributed by atoms with Crippen molar-refractivity contribution in [3.05, 3.63) is 63.6 Å². The molecule has 12 heteroatoms. The number of hydrogen-bond acceptors (Lipinski definition) is 4. The average Bonchev–Trinajstić information content (AvgIpc) is 2.76. The number of nitrogens with one attached hydrogen (secondary N) is 1. The highest BCUT2D eigenvalue weighted by Crippen LogP contribution is 2.25. The van der Waals surface area contributed by atoms with Crippen molar-refractivity contribution in [1.82, 2.24) is 10.2 Å². The van der Waals surface area contributed by atoms with E-state index >= 15 is 0 Å². The number of halogens is 4. The van der Waals surface area contributed by atoms with Crippen LogP contribution in [0.15, 0.2) is 36.4 Å². The first-order valence-corrected chi connectivity index (χ1v) is 14.1. The molecular weight excluding hydrogens is 547 g/mol. The zero-order chi connectivity index (χ0) is 28.1. The second-order valence-corrected chi connectivity index (χ2v) is 12.4. The van der Waals surface area contributed by atoms with Crippen molar-refractivity contribution in [2.24, 2.45) is 0 Å². The second-order valence-electron chi connectivity index (χ2n) is 9.72. The SMILES string of the molecule is C[C@@H](C(=O)NC(C)(C)C)N(Cc1ccc(Cl)c(Cl)c1)C(=O)CCCN(c1ccc(F)c(F)c1)S(C)(=O)=O. The lowest BCUT2D eigenvalue weighted by molar-refractivity contribution is -0.141. The Morgan fingerprint density at radius 3 is 2.22 bits per heavy atom. The minimum absolute atomic E-state index is 0.0561. The van der Waals surface area contributed by atoms with Crippen molar-refractivity contribution < 1.29 is 26.8 Å². The van der Waals surface area contributed by atoms with Crippen LogP contribution in [0.2, 0.25) is 10.0 Å². The Bertz CT molecular complexity index is 1250. The Hall–Kier alpha value is -2.43. The third kappa shape index (κ3) is 9.12. The molecule has 0 aliphatic heterocycles. The van der Waals surface area contributed by atoms with E-state index in [0.29, 0.717) is 15.6 Å². The maximum Gasteiger partial charge on any atom is 0.242 e. The van der Waals surface area contributed by atoms with Crippen LogP contribution in [0.5, 0.6) is 0 Å². The zero-order valence-corrected chi connectivity index (χ0v) is 23.6. The van der Waals surface area contributed by atoms with Gasteiger partial charge in [-0.25, -0.2) is 17.2 Å². The molecule has 2 aromatic rings. The van der Waals surface area contributed by atoms with Gasteiger partial charge in [0.05, 0.1) is 22.0 Å². The van der Waals surface area contributed by atoms with E-state index in [4.69, 9.17) is 23.2 Å². The molecule has 0 aliphatic carbocycles. The van der Waals surface area contributed by atoms with Crippen LogP contribution < -0.4 is 9.62 Å². The smallest absolute Gasteiger partial charge is 0.242 e. The van der Waals surface area contributed by atoms with Crippen LogP contribution in [0.3, 0.4) is 0 Å². The van der Waals surface area contributed by atoms with Gasteiger partial charge < -0.3 is 10.2 Å². The van der Waals surface area contributed by atoms with Crippen molar-refractivity contribution in [3.63, 3.8) is 0 Å². The number of carbonyl (C=O) groups excluding carboxylic acids is 2. The first-order chi connectivity index (χ1) is 17.0. The first-order valence-electron chi connectivity index (χ1n) is 11.5. The maximum absolute atomic E-state index is 13.7. The minimum Gasteiger partial charge on any atom is -0.350 e. The minimum atomic E-state index is -3.85. The summed E-state index contributed by atoms with van der Waals surface area (Å²) in [6, 6.07) is 6.81. The Labute approximate surface area is 226 Å². The zero-order valence-electron chi connectivity index (χ0n) is 21.3. The van der Waals surface area contributed by atoms with Gasteiger partial charge in [0, 0.05) is 31.1 Å². The van der Waals surface area contributed by atoms with Gasteiger partial charge in [-0.1, -0.05) is 29.3 Å². The summed E-state index contributed by atoms with van der Waals surface area (Å²) < 4.78 is 52.6. The van der Waals surface area contributed by atoms with E-state index in [1.165, 1.54) is 4.90 Å². The number of carbonyl (C=O) groups is 2. The van der Waals surface area contributed by atoms with Gasteiger partial charge in [0.15, 0.2) is 11.6 Å². The standard InChI is InChI=1S/C25H31Cl2F2N3O4S/c1-16(24(34)30-25(2,3)4)31(15-17-8-10-19(26)20(27)13-17)23(33)7-6-12-32(37(5,35)36)18-9-11-21(28)22(29)14-18/h8-11,13-14,16H,6-7,12,15H2,1-5H3,(H,30,34)/t16-/m0/s1. The highest BCUT2D eigenvalue weighted by Gasteiger charge is 2.29. The van der Waals surface area contributed by atoms with Gasteiger partial charge in [-0.05, 0) is 63.9 Å². The number of amides is 2. The monoisotopic (exact) mass is 577 g/mol. The Morgan fingerprint density at radius 2 is 1.68 bits per heavy atom. The van der Waals surface area contributed by atoms with Gasteiger partial charge in [0.25, 0.3) is 0 Å². The molecule has 37 heavy (non-hydrogen) atoms. The van der Waals surface area contributed by atoms with Crippen molar-refractivity contribution >= 4 is 50.7 Å². The summed E-state index contributed by atoms with van der Waals surface area (Å²) in [4.78, 5) is 27.5. The van der Waals surface area contributed by atoms with E-state index in [-0.39, 0.29) is 37.5 Å². The van der Waals surface area contributed by atoms with E-state index < -0.39 is 39.1 Å². The molecule has 2 aromatic carbocycles. The van der Waals surface area contributed by atoms with E-state index in [1.54, 1.807) is 25.1 Å². The van der Waals surface area contributed by atoms with Crippen LogP contribution in [0.4, 0.5) is 14.5 Å². The summed E-state index contributed by atoms with van der Waals surface area (Å²) in [6.45, 7) is 6.97. The molecule has 0 unspecified atom stereocenters. The molecule has 2 amide bonds. The molecule has 0 heterocycles. The number of hydrogen-bond donors (Lipinski definition) is 1. The molecule has 7 nitrogen and oxygen atoms in total. The molecule has 1 N–H and O–H groups in total. The van der Waals surface area contributed by atoms with Crippen LogP contribution >= 0.6 is 23.2 Å². The topological polar surface area (TPSA) is 86.8 Å². The maximum atomic E-state index is 13.7. The summed E-state index contributed by atoms with van der Waals surface area (Å²) in [5.74, 6) is -3.05. The van der Waals surface area contributed by atoms with Crippen LogP contribution in [-0.2, 0) is 26.2 Å². The average molecular weight is 579 g/mol. The summed E-state index contributed by atoms with van der Waals surface area (Å²) in [5.41, 5.74) is 0.0708. The first kappa shape index (κ1) is 30.8. The normalized spacial score (nSPS) is 12.7. The fraction of sp³-hybridized carbons (Fsp3) is 0.440. The predicted octanol–water partition coefficient (Wildman–Crippen LogP) is 5.15. The highest BCUT2D eigenvalue weighted by molar-refractivity contribution is 7.92. The summed E-state index contributed by atoms with van der Waals surface area (Å²) >= 11 is 12.1. The van der Waals surface area contributed by atoms with Gasteiger partial charge in [-0.2, -0.15) is 0 Å². The number of sulfonamides is 1. The van der Waals surface area contributed by atoms with Gasteiger partial charge in [0.2, 0.25) is 21.8 Å².